The second kappa shape index (κ2) is 8.09. The number of benzene rings is 1. The summed E-state index contributed by atoms with van der Waals surface area (Å²) in [5.41, 5.74) is 1.89. The number of fused-ring (bicyclic) bond motifs is 1. The molecule has 0 saturated carbocycles. The maximum absolute atomic E-state index is 12.3. The van der Waals surface area contributed by atoms with Gasteiger partial charge in [-0.15, -0.1) is 11.3 Å². The molecule has 0 spiro atoms. The van der Waals surface area contributed by atoms with E-state index in [0.29, 0.717) is 24.2 Å². The zero-order chi connectivity index (χ0) is 18.5. The van der Waals surface area contributed by atoms with Gasteiger partial charge in [0, 0.05) is 30.5 Å². The molecule has 1 atom stereocenters. The Morgan fingerprint density at radius 2 is 2.12 bits per heavy atom. The molecule has 2 heterocycles. The second-order valence-electron chi connectivity index (χ2n) is 6.08. The zero-order valence-corrected chi connectivity index (χ0v) is 15.2. The number of carbonyl (C=O) groups is 3. The van der Waals surface area contributed by atoms with E-state index in [1.54, 1.807) is 35.6 Å². The Hall–Kier alpha value is -2.74. The van der Waals surface area contributed by atoms with Gasteiger partial charge >= 0.3 is 0 Å². The Kier molecular flexibility index (Phi) is 5.62. The average molecular weight is 372 g/mol. The van der Waals surface area contributed by atoms with Crippen LogP contribution in [-0.2, 0) is 16.0 Å². The smallest absolute Gasteiger partial charge is 0.254 e. The fourth-order valence-corrected chi connectivity index (χ4v) is 3.48. The van der Waals surface area contributed by atoms with Gasteiger partial charge in [-0.2, -0.15) is 0 Å². The minimum atomic E-state index is -0.734. The number of amides is 3. The molecule has 3 N–H and O–H groups in total. The summed E-state index contributed by atoms with van der Waals surface area (Å²) in [6, 6.07) is 6.09. The van der Waals surface area contributed by atoms with Crippen LogP contribution in [0.15, 0.2) is 29.6 Å². The third-order valence-corrected chi connectivity index (χ3v) is 5.07. The topological polar surface area (TPSA) is 100 Å². The summed E-state index contributed by atoms with van der Waals surface area (Å²) < 4.78 is 0. The zero-order valence-electron chi connectivity index (χ0n) is 14.4. The Balaban J connectivity index is 1.47. The van der Waals surface area contributed by atoms with E-state index in [1.807, 2.05) is 12.3 Å². The van der Waals surface area contributed by atoms with Gasteiger partial charge < -0.3 is 16.0 Å². The van der Waals surface area contributed by atoms with Crippen molar-refractivity contribution in [2.75, 3.05) is 11.9 Å². The van der Waals surface area contributed by atoms with Crippen molar-refractivity contribution in [2.24, 2.45) is 0 Å². The Labute approximate surface area is 155 Å². The second-order valence-corrected chi connectivity index (χ2v) is 7.02. The molecule has 8 heteroatoms. The van der Waals surface area contributed by atoms with Gasteiger partial charge in [0.05, 0.1) is 16.3 Å². The van der Waals surface area contributed by atoms with Crippen molar-refractivity contribution < 1.29 is 14.4 Å². The summed E-state index contributed by atoms with van der Waals surface area (Å²) in [5.74, 6) is -0.778. The lowest BCUT2D eigenvalue weighted by Crippen LogP contribution is -2.42. The predicted octanol–water partition coefficient (Wildman–Crippen LogP) is 1.64. The number of rotatable bonds is 6. The lowest BCUT2D eigenvalue weighted by atomic mass is 10.1. The molecule has 1 aliphatic rings. The highest BCUT2D eigenvalue weighted by Crippen LogP contribution is 2.19. The van der Waals surface area contributed by atoms with Gasteiger partial charge in [-0.1, -0.05) is 12.1 Å². The summed E-state index contributed by atoms with van der Waals surface area (Å²) in [4.78, 5) is 40.8. The van der Waals surface area contributed by atoms with Crippen LogP contribution in [0.3, 0.4) is 0 Å². The maximum atomic E-state index is 12.3. The minimum absolute atomic E-state index is 0.151. The highest BCUT2D eigenvalue weighted by Gasteiger charge is 2.27. The number of nitrogens with one attached hydrogen (secondary N) is 3. The molecule has 2 aromatic rings. The van der Waals surface area contributed by atoms with E-state index in [-0.39, 0.29) is 30.6 Å². The van der Waals surface area contributed by atoms with E-state index in [2.05, 4.69) is 20.9 Å². The average Bonchev–Trinajstić information content (AvgIpc) is 2.98. The van der Waals surface area contributed by atoms with E-state index >= 15 is 0 Å². The third kappa shape index (κ3) is 4.45. The number of aryl methyl sites for hydroxylation is 1. The van der Waals surface area contributed by atoms with Gasteiger partial charge in [0.1, 0.15) is 6.04 Å². The highest BCUT2D eigenvalue weighted by atomic mass is 32.1. The van der Waals surface area contributed by atoms with E-state index in [1.165, 1.54) is 0 Å². The normalized spacial score (nSPS) is 16.3. The molecule has 3 rings (SSSR count). The fourth-order valence-electron chi connectivity index (χ4n) is 2.70. The van der Waals surface area contributed by atoms with Crippen LogP contribution < -0.4 is 16.0 Å². The van der Waals surface area contributed by atoms with Crippen LogP contribution in [0, 0.1) is 6.92 Å². The first-order valence-electron chi connectivity index (χ1n) is 8.41. The molecule has 0 unspecified atom stereocenters. The number of aromatic nitrogens is 1. The lowest BCUT2D eigenvalue weighted by molar-refractivity contribution is -0.121. The molecule has 0 saturated heterocycles. The van der Waals surface area contributed by atoms with Gasteiger partial charge in [-0.25, -0.2) is 4.98 Å². The van der Waals surface area contributed by atoms with Crippen molar-refractivity contribution >= 4 is 34.7 Å². The van der Waals surface area contributed by atoms with E-state index in [0.717, 1.165) is 10.7 Å². The molecule has 1 aromatic carbocycles. The molecule has 1 aromatic heterocycles. The number of thiazole rings is 1. The molecule has 0 bridgehead atoms. The lowest BCUT2D eigenvalue weighted by Gasteiger charge is -2.14. The van der Waals surface area contributed by atoms with Crippen LogP contribution >= 0.6 is 11.3 Å². The van der Waals surface area contributed by atoms with Gasteiger partial charge in [0.15, 0.2) is 0 Å². The maximum Gasteiger partial charge on any atom is 0.254 e. The number of nitrogens with zero attached hydrogens (tertiary/aromatic N) is 1. The van der Waals surface area contributed by atoms with Gasteiger partial charge in [-0.05, 0) is 25.5 Å². The summed E-state index contributed by atoms with van der Waals surface area (Å²) in [6.07, 6.45) is 1.08. The summed E-state index contributed by atoms with van der Waals surface area (Å²) in [5, 5.41) is 11.2. The molecule has 3 amide bonds. The molecule has 1 aliphatic heterocycles. The van der Waals surface area contributed by atoms with E-state index in [9.17, 15) is 14.4 Å². The number of anilines is 1. The largest absolute Gasteiger partial charge is 0.356 e. The van der Waals surface area contributed by atoms with E-state index in [4.69, 9.17) is 0 Å². The van der Waals surface area contributed by atoms with Crippen molar-refractivity contribution in [3.63, 3.8) is 0 Å². The van der Waals surface area contributed by atoms with Crippen LogP contribution in [0.4, 0.5) is 5.69 Å². The van der Waals surface area contributed by atoms with Gasteiger partial charge in [0.25, 0.3) is 5.91 Å². The molecular formula is C18H20N4O3S. The Morgan fingerprint density at radius 3 is 2.88 bits per heavy atom. The van der Waals surface area contributed by atoms with Crippen molar-refractivity contribution in [3.05, 3.63) is 45.9 Å². The predicted molar refractivity (Wildman–Crippen MR) is 99.1 cm³/mol. The first kappa shape index (κ1) is 18.1. The molecule has 0 fully saturated rings. The number of hydrogen-bond donors (Lipinski definition) is 3. The molecule has 26 heavy (non-hydrogen) atoms. The first-order chi connectivity index (χ1) is 12.5. The molecule has 7 nitrogen and oxygen atoms in total. The standard InChI is InChI=1S/C18H20N4O3S/c1-11-10-26-16(20-11)8-9-19-15(23)7-6-14-18(25)21-13-5-3-2-4-12(13)17(24)22-14/h2-5,10,14H,6-9H2,1H3,(H,19,23)(H,21,25)(H,22,24)/t14-/m0/s1. The summed E-state index contributed by atoms with van der Waals surface area (Å²) >= 11 is 1.57. The third-order valence-electron chi connectivity index (χ3n) is 4.04. The SMILES string of the molecule is Cc1csc(CCNC(=O)CC[C@@H]2NC(=O)c3ccccc3NC2=O)n1. The van der Waals surface area contributed by atoms with Crippen LogP contribution in [0.1, 0.15) is 33.9 Å². The fraction of sp³-hybridized carbons (Fsp3) is 0.333. The summed E-state index contributed by atoms with van der Waals surface area (Å²) in [6.45, 7) is 2.43. The summed E-state index contributed by atoms with van der Waals surface area (Å²) in [7, 11) is 0. The van der Waals surface area contributed by atoms with Crippen LogP contribution in [0.5, 0.6) is 0 Å². The van der Waals surface area contributed by atoms with Crippen molar-refractivity contribution in [3.8, 4) is 0 Å². The van der Waals surface area contributed by atoms with Crippen LogP contribution in [0.25, 0.3) is 0 Å². The minimum Gasteiger partial charge on any atom is -0.356 e. The van der Waals surface area contributed by atoms with Gasteiger partial charge in [-0.3, -0.25) is 14.4 Å². The number of para-hydroxylation sites is 1. The van der Waals surface area contributed by atoms with Crippen molar-refractivity contribution in [1.29, 1.82) is 0 Å². The van der Waals surface area contributed by atoms with Gasteiger partial charge in [0.2, 0.25) is 11.8 Å². The van der Waals surface area contributed by atoms with Crippen LogP contribution in [0.2, 0.25) is 0 Å². The highest BCUT2D eigenvalue weighted by molar-refractivity contribution is 7.09. The molecular weight excluding hydrogens is 352 g/mol. The van der Waals surface area contributed by atoms with Crippen molar-refractivity contribution in [1.82, 2.24) is 15.6 Å². The molecule has 0 radical (unpaired) electrons. The van der Waals surface area contributed by atoms with Crippen molar-refractivity contribution in [2.45, 2.75) is 32.2 Å². The number of carbonyl (C=O) groups excluding carboxylic acids is 3. The Bertz CT molecular complexity index is 833. The quantitative estimate of drug-likeness (QED) is 0.718. The monoisotopic (exact) mass is 372 g/mol. The first-order valence-corrected chi connectivity index (χ1v) is 9.29. The molecule has 136 valence electrons. The number of hydrogen-bond acceptors (Lipinski definition) is 5. The van der Waals surface area contributed by atoms with Crippen LogP contribution in [-0.4, -0.2) is 35.3 Å². The van der Waals surface area contributed by atoms with E-state index < -0.39 is 6.04 Å². The Morgan fingerprint density at radius 1 is 1.31 bits per heavy atom. The molecule has 0 aliphatic carbocycles.